The van der Waals surface area contributed by atoms with Crippen molar-refractivity contribution < 1.29 is 14.3 Å². The van der Waals surface area contributed by atoms with Crippen LogP contribution in [0, 0.1) is 0 Å². The van der Waals surface area contributed by atoms with Crippen LogP contribution in [0.5, 0.6) is 5.75 Å². The molecule has 2 amide bonds. The third-order valence-electron chi connectivity index (χ3n) is 4.12. The summed E-state index contributed by atoms with van der Waals surface area (Å²) in [7, 11) is 0. The van der Waals surface area contributed by atoms with Crippen molar-refractivity contribution in [2.24, 2.45) is 0 Å². The zero-order valence-electron chi connectivity index (χ0n) is 17.1. The van der Waals surface area contributed by atoms with Gasteiger partial charge in [-0.3, -0.25) is 14.9 Å². The van der Waals surface area contributed by atoms with Gasteiger partial charge in [-0.1, -0.05) is 32.4 Å². The van der Waals surface area contributed by atoms with Crippen molar-refractivity contribution in [3.63, 3.8) is 0 Å². The van der Waals surface area contributed by atoms with E-state index in [1.54, 1.807) is 42.5 Å². The smallest absolute Gasteiger partial charge is 0.257 e. The molecule has 0 fully saturated rings. The molecule has 0 heterocycles. The molecular formula is C22H26BrN3O3S. The maximum atomic E-state index is 12.5. The second-order valence-corrected chi connectivity index (χ2v) is 7.82. The molecule has 0 saturated heterocycles. The van der Waals surface area contributed by atoms with E-state index in [2.05, 4.69) is 38.8 Å². The first-order chi connectivity index (χ1) is 14.5. The molecule has 2 rings (SSSR count). The van der Waals surface area contributed by atoms with Crippen molar-refractivity contribution in [1.29, 1.82) is 0 Å². The number of benzene rings is 2. The summed E-state index contributed by atoms with van der Waals surface area (Å²) in [6.07, 6.45) is 2.80. The lowest BCUT2D eigenvalue weighted by molar-refractivity contribution is 0.0952. The van der Waals surface area contributed by atoms with Gasteiger partial charge in [0.1, 0.15) is 5.75 Å². The minimum Gasteiger partial charge on any atom is -0.492 e. The second kappa shape index (κ2) is 12.3. The second-order valence-electron chi connectivity index (χ2n) is 6.56. The number of nitrogens with one attached hydrogen (secondary N) is 3. The minimum atomic E-state index is -0.361. The van der Waals surface area contributed by atoms with Gasteiger partial charge in [0.25, 0.3) is 11.8 Å². The Morgan fingerprint density at radius 1 is 1.07 bits per heavy atom. The summed E-state index contributed by atoms with van der Waals surface area (Å²) in [6, 6.07) is 12.1. The van der Waals surface area contributed by atoms with Crippen LogP contribution >= 0.6 is 28.1 Å². The number of hydrogen-bond donors (Lipinski definition) is 3. The molecule has 8 heteroatoms. The van der Waals surface area contributed by atoms with Gasteiger partial charge >= 0.3 is 0 Å². The molecule has 0 aliphatic rings. The predicted molar refractivity (Wildman–Crippen MR) is 127 cm³/mol. The average molecular weight is 492 g/mol. The van der Waals surface area contributed by atoms with Gasteiger partial charge in [-0.05, 0) is 71.3 Å². The number of anilines is 1. The minimum absolute atomic E-state index is 0.108. The summed E-state index contributed by atoms with van der Waals surface area (Å²) in [6.45, 7) is 5.30. The van der Waals surface area contributed by atoms with Crippen molar-refractivity contribution in [3.8, 4) is 5.75 Å². The van der Waals surface area contributed by atoms with Crippen LogP contribution in [0.1, 0.15) is 53.8 Å². The van der Waals surface area contributed by atoms with E-state index in [9.17, 15) is 9.59 Å². The maximum Gasteiger partial charge on any atom is 0.257 e. The lowest BCUT2D eigenvalue weighted by atomic mass is 10.1. The number of carbonyl (C=O) groups excluding carboxylic acids is 2. The maximum absolute atomic E-state index is 12.5. The Kier molecular flexibility index (Phi) is 9.76. The summed E-state index contributed by atoms with van der Waals surface area (Å²) in [5.41, 5.74) is 1.42. The topological polar surface area (TPSA) is 79.5 Å². The summed E-state index contributed by atoms with van der Waals surface area (Å²) in [5, 5.41) is 8.57. The molecule has 0 aliphatic carbocycles. The van der Waals surface area contributed by atoms with Gasteiger partial charge in [0.15, 0.2) is 5.11 Å². The number of hydrogen-bond acceptors (Lipinski definition) is 4. The zero-order chi connectivity index (χ0) is 21.9. The highest BCUT2D eigenvalue weighted by atomic mass is 79.9. The van der Waals surface area contributed by atoms with Gasteiger partial charge in [-0.15, -0.1) is 0 Å². The average Bonchev–Trinajstić information content (AvgIpc) is 2.73. The van der Waals surface area contributed by atoms with Gasteiger partial charge < -0.3 is 15.4 Å². The molecule has 3 N–H and O–H groups in total. The Morgan fingerprint density at radius 2 is 1.83 bits per heavy atom. The van der Waals surface area contributed by atoms with E-state index >= 15 is 0 Å². The molecule has 0 bridgehead atoms. The first-order valence-electron chi connectivity index (χ1n) is 9.88. The van der Waals surface area contributed by atoms with Crippen LogP contribution in [-0.2, 0) is 0 Å². The highest BCUT2D eigenvalue weighted by molar-refractivity contribution is 9.10. The van der Waals surface area contributed by atoms with E-state index in [-0.39, 0.29) is 16.9 Å². The van der Waals surface area contributed by atoms with Gasteiger partial charge in [0, 0.05) is 12.1 Å². The molecule has 0 radical (unpaired) electrons. The van der Waals surface area contributed by atoms with E-state index in [1.165, 1.54) is 0 Å². The van der Waals surface area contributed by atoms with Gasteiger partial charge in [0.2, 0.25) is 0 Å². The monoisotopic (exact) mass is 491 g/mol. The van der Waals surface area contributed by atoms with Crippen molar-refractivity contribution in [2.45, 2.75) is 33.1 Å². The number of halogens is 1. The van der Waals surface area contributed by atoms with Crippen LogP contribution in [-0.4, -0.2) is 30.1 Å². The van der Waals surface area contributed by atoms with Gasteiger partial charge in [-0.2, -0.15) is 0 Å². The molecule has 0 spiro atoms. The Bertz CT molecular complexity index is 905. The molecule has 0 aromatic heterocycles. The highest BCUT2D eigenvalue weighted by Gasteiger charge is 2.14. The first-order valence-corrected chi connectivity index (χ1v) is 11.1. The van der Waals surface area contributed by atoms with Gasteiger partial charge in [-0.25, -0.2) is 0 Å². The van der Waals surface area contributed by atoms with E-state index in [0.29, 0.717) is 40.2 Å². The highest BCUT2D eigenvalue weighted by Crippen LogP contribution is 2.26. The van der Waals surface area contributed by atoms with Gasteiger partial charge in [0.05, 0.1) is 22.3 Å². The predicted octanol–water partition coefficient (Wildman–Crippen LogP) is 4.89. The van der Waals surface area contributed by atoms with Crippen LogP contribution in [0.4, 0.5) is 5.69 Å². The molecule has 2 aromatic rings. The Morgan fingerprint density at radius 3 is 2.53 bits per heavy atom. The quantitative estimate of drug-likeness (QED) is 0.343. The fraction of sp³-hybridized carbons (Fsp3) is 0.318. The molecule has 0 saturated carbocycles. The van der Waals surface area contributed by atoms with E-state index in [4.69, 9.17) is 17.0 Å². The van der Waals surface area contributed by atoms with Crippen LogP contribution < -0.4 is 20.7 Å². The number of ether oxygens (including phenoxy) is 1. The zero-order valence-corrected chi connectivity index (χ0v) is 19.5. The number of unbranched alkanes of at least 4 members (excludes halogenated alkanes) is 1. The fourth-order valence-electron chi connectivity index (χ4n) is 2.56. The molecule has 2 aromatic carbocycles. The summed E-state index contributed by atoms with van der Waals surface area (Å²) < 4.78 is 6.29. The molecule has 30 heavy (non-hydrogen) atoms. The lowest BCUT2D eigenvalue weighted by Gasteiger charge is -2.14. The molecule has 0 aliphatic heterocycles. The first kappa shape index (κ1) is 23.8. The Labute approximate surface area is 190 Å². The van der Waals surface area contributed by atoms with Crippen LogP contribution in [0.25, 0.3) is 0 Å². The number of thiocarbonyl (C=S) groups is 1. The van der Waals surface area contributed by atoms with Crippen molar-refractivity contribution >= 4 is 50.8 Å². The number of amides is 2. The number of carbonyl (C=O) groups is 2. The van der Waals surface area contributed by atoms with E-state index in [1.807, 2.05) is 6.92 Å². The van der Waals surface area contributed by atoms with Crippen molar-refractivity contribution in [3.05, 3.63) is 58.1 Å². The Balaban J connectivity index is 2.01. The molecular weight excluding hydrogens is 466 g/mol. The molecule has 0 atom stereocenters. The summed E-state index contributed by atoms with van der Waals surface area (Å²) in [4.78, 5) is 24.9. The summed E-state index contributed by atoms with van der Waals surface area (Å²) in [5.74, 6) is 0.129. The van der Waals surface area contributed by atoms with Crippen LogP contribution in [0.2, 0.25) is 0 Å². The molecule has 6 nitrogen and oxygen atoms in total. The molecule has 160 valence electrons. The molecule has 0 unspecified atom stereocenters. The van der Waals surface area contributed by atoms with Crippen LogP contribution in [0.15, 0.2) is 46.9 Å². The third kappa shape index (κ3) is 7.11. The number of rotatable bonds is 9. The van der Waals surface area contributed by atoms with E-state index in [0.717, 1.165) is 19.3 Å². The van der Waals surface area contributed by atoms with Crippen molar-refractivity contribution in [1.82, 2.24) is 10.6 Å². The van der Waals surface area contributed by atoms with Crippen LogP contribution in [0.3, 0.4) is 0 Å². The largest absolute Gasteiger partial charge is 0.492 e. The number of para-hydroxylation sites is 1. The lowest BCUT2D eigenvalue weighted by Crippen LogP contribution is -2.35. The SMILES string of the molecule is CCCCNC(=O)c1ccccc1NC(=S)NC(=O)c1ccc(OCCC)c(Br)c1. The fourth-order valence-corrected chi connectivity index (χ4v) is 3.26. The van der Waals surface area contributed by atoms with Crippen molar-refractivity contribution in [2.75, 3.05) is 18.5 Å². The standard InChI is InChI=1S/C22H26BrN3O3S/c1-3-5-12-24-21(28)16-8-6-7-9-18(16)25-22(30)26-20(27)15-10-11-19(17(23)14-15)29-13-4-2/h6-11,14H,3-5,12-13H2,1-2H3,(H,24,28)(H2,25,26,27,30). The third-order valence-corrected chi connectivity index (χ3v) is 4.94. The summed E-state index contributed by atoms with van der Waals surface area (Å²) >= 11 is 8.69. The normalized spacial score (nSPS) is 10.2. The van der Waals surface area contributed by atoms with E-state index < -0.39 is 0 Å². The Hall–Kier alpha value is -2.45.